The molecule has 2 amide bonds. The fourth-order valence-electron chi connectivity index (χ4n) is 1.31. The summed E-state index contributed by atoms with van der Waals surface area (Å²) in [5.74, 6) is -1.32. The summed E-state index contributed by atoms with van der Waals surface area (Å²) in [6.07, 6.45) is 0.457. The van der Waals surface area contributed by atoms with Crippen molar-refractivity contribution in [3.63, 3.8) is 0 Å². The summed E-state index contributed by atoms with van der Waals surface area (Å²) in [6, 6.07) is 3.23. The molecule has 0 unspecified atom stereocenters. The van der Waals surface area contributed by atoms with Crippen LogP contribution in [0.4, 0.5) is 15.8 Å². The lowest BCUT2D eigenvalue weighted by Gasteiger charge is -2.12. The van der Waals surface area contributed by atoms with Crippen LogP contribution in [-0.4, -0.2) is 17.9 Å². The van der Waals surface area contributed by atoms with E-state index in [9.17, 15) is 14.0 Å². The maximum absolute atomic E-state index is 13.5. The number of hydrogen-bond donors (Lipinski definition) is 3. The van der Waals surface area contributed by atoms with Gasteiger partial charge in [-0.3, -0.25) is 9.59 Å². The van der Waals surface area contributed by atoms with Gasteiger partial charge < -0.3 is 16.4 Å². The van der Waals surface area contributed by atoms with Gasteiger partial charge in [0, 0.05) is 12.6 Å². The zero-order chi connectivity index (χ0) is 13.7. The minimum atomic E-state index is -0.686. The molecule has 1 aromatic rings. The van der Waals surface area contributed by atoms with Crippen LogP contribution in [0.5, 0.6) is 0 Å². The van der Waals surface area contributed by atoms with Gasteiger partial charge in [0.1, 0.15) is 5.82 Å². The Balaban J connectivity index is 0.00000324. The molecule has 5 nitrogen and oxygen atoms in total. The van der Waals surface area contributed by atoms with E-state index in [0.717, 1.165) is 0 Å². The highest BCUT2D eigenvalue weighted by Crippen LogP contribution is 2.19. The van der Waals surface area contributed by atoms with Gasteiger partial charge >= 0.3 is 0 Å². The topological polar surface area (TPSA) is 84.2 Å². The van der Waals surface area contributed by atoms with Crippen LogP contribution in [0.3, 0.4) is 0 Å². The fourth-order valence-corrected chi connectivity index (χ4v) is 1.31. The number of carbonyl (C=O) groups excluding carboxylic acids is 2. The number of anilines is 2. The number of amides is 2. The highest BCUT2D eigenvalue weighted by atomic mass is 35.5. The van der Waals surface area contributed by atoms with E-state index in [2.05, 4.69) is 10.6 Å². The van der Waals surface area contributed by atoms with Gasteiger partial charge in [-0.05, 0) is 24.6 Å². The smallest absolute Gasteiger partial charge is 0.241 e. The van der Waals surface area contributed by atoms with Gasteiger partial charge in [0.05, 0.1) is 11.7 Å². The Morgan fingerprint density at radius 3 is 2.53 bits per heavy atom. The molecule has 0 radical (unpaired) electrons. The largest absolute Gasteiger partial charge is 0.326 e. The quantitative estimate of drug-likeness (QED) is 0.791. The van der Waals surface area contributed by atoms with E-state index in [1.54, 1.807) is 6.92 Å². The second-order valence-corrected chi connectivity index (χ2v) is 3.88. The summed E-state index contributed by atoms with van der Waals surface area (Å²) >= 11 is 0. The van der Waals surface area contributed by atoms with Gasteiger partial charge in [-0.25, -0.2) is 4.39 Å². The zero-order valence-corrected chi connectivity index (χ0v) is 11.5. The van der Waals surface area contributed by atoms with Crippen molar-refractivity contribution < 1.29 is 14.0 Å². The third kappa shape index (κ3) is 5.23. The minimum Gasteiger partial charge on any atom is -0.326 e. The molecule has 0 heterocycles. The molecular formula is C12H17ClFN3O2. The van der Waals surface area contributed by atoms with E-state index in [-0.39, 0.29) is 24.0 Å². The van der Waals surface area contributed by atoms with Crippen molar-refractivity contribution in [2.75, 3.05) is 10.6 Å². The molecular weight excluding hydrogens is 273 g/mol. The molecule has 1 atom stereocenters. The fraction of sp³-hybridized carbons (Fsp3) is 0.333. The number of halogens is 2. The third-order valence-electron chi connectivity index (χ3n) is 2.32. The maximum Gasteiger partial charge on any atom is 0.241 e. The predicted octanol–water partition coefficient (Wildman–Crippen LogP) is 1.88. The monoisotopic (exact) mass is 289 g/mol. The summed E-state index contributed by atoms with van der Waals surface area (Å²) in [5, 5.41) is 4.88. The Bertz CT molecular complexity index is 468. The number of nitrogens with two attached hydrogens (primary N) is 1. The van der Waals surface area contributed by atoms with Crippen LogP contribution in [0, 0.1) is 5.82 Å². The molecule has 4 N–H and O–H groups in total. The molecule has 1 rings (SSSR count). The van der Waals surface area contributed by atoms with Crippen molar-refractivity contribution in [3.8, 4) is 0 Å². The van der Waals surface area contributed by atoms with Crippen LogP contribution in [0.25, 0.3) is 0 Å². The van der Waals surface area contributed by atoms with E-state index in [1.165, 1.54) is 25.1 Å². The van der Waals surface area contributed by atoms with Gasteiger partial charge in [0.25, 0.3) is 0 Å². The summed E-state index contributed by atoms with van der Waals surface area (Å²) in [7, 11) is 0. The molecule has 7 heteroatoms. The summed E-state index contributed by atoms with van der Waals surface area (Å²) in [4.78, 5) is 22.4. The van der Waals surface area contributed by atoms with E-state index in [1.807, 2.05) is 0 Å². The second-order valence-electron chi connectivity index (χ2n) is 3.88. The van der Waals surface area contributed by atoms with Gasteiger partial charge in [0.2, 0.25) is 11.8 Å². The average molecular weight is 290 g/mol. The molecule has 0 saturated heterocycles. The number of rotatable bonds is 4. The first-order valence-electron chi connectivity index (χ1n) is 5.57. The first-order valence-corrected chi connectivity index (χ1v) is 5.57. The Labute approximate surface area is 117 Å². The Morgan fingerprint density at radius 1 is 1.37 bits per heavy atom. The zero-order valence-electron chi connectivity index (χ0n) is 10.7. The Kier molecular flexibility index (Phi) is 7.03. The number of nitrogens with one attached hydrogen (secondary N) is 2. The number of benzene rings is 1. The van der Waals surface area contributed by atoms with Crippen LogP contribution < -0.4 is 16.4 Å². The van der Waals surface area contributed by atoms with E-state index in [0.29, 0.717) is 12.1 Å². The minimum absolute atomic E-state index is 0. The lowest BCUT2D eigenvalue weighted by Crippen LogP contribution is -2.35. The number of hydrogen-bond acceptors (Lipinski definition) is 3. The van der Waals surface area contributed by atoms with Crippen molar-refractivity contribution >= 4 is 35.6 Å². The van der Waals surface area contributed by atoms with Crippen molar-refractivity contribution in [3.05, 3.63) is 24.0 Å². The van der Waals surface area contributed by atoms with E-state index >= 15 is 0 Å². The van der Waals surface area contributed by atoms with Gasteiger partial charge in [0.15, 0.2) is 0 Å². The maximum atomic E-state index is 13.5. The van der Waals surface area contributed by atoms with Crippen LogP contribution in [0.15, 0.2) is 18.2 Å². The normalized spacial score (nSPS) is 11.2. The van der Waals surface area contributed by atoms with Crippen LogP contribution in [-0.2, 0) is 9.59 Å². The SMILES string of the molecule is CC[C@H](N)C(=O)Nc1cc(NC(C)=O)ccc1F.Cl. The first-order chi connectivity index (χ1) is 8.43. The van der Waals surface area contributed by atoms with Gasteiger partial charge in [-0.1, -0.05) is 6.92 Å². The summed E-state index contributed by atoms with van der Waals surface area (Å²) < 4.78 is 13.5. The Hall–Kier alpha value is -1.66. The summed E-state index contributed by atoms with van der Waals surface area (Å²) in [5.41, 5.74) is 5.93. The van der Waals surface area contributed by atoms with Crippen LogP contribution in [0.1, 0.15) is 20.3 Å². The highest BCUT2D eigenvalue weighted by Gasteiger charge is 2.13. The molecule has 0 bridgehead atoms. The lowest BCUT2D eigenvalue weighted by molar-refractivity contribution is -0.117. The van der Waals surface area contributed by atoms with Crippen LogP contribution >= 0.6 is 12.4 Å². The molecule has 0 saturated carbocycles. The van der Waals surface area contributed by atoms with Crippen molar-refractivity contribution in [1.29, 1.82) is 0 Å². The molecule has 0 aliphatic rings. The van der Waals surface area contributed by atoms with Crippen molar-refractivity contribution in [2.24, 2.45) is 5.73 Å². The molecule has 1 aromatic carbocycles. The average Bonchev–Trinajstić information content (AvgIpc) is 2.31. The molecule has 106 valence electrons. The Morgan fingerprint density at radius 2 is 2.00 bits per heavy atom. The van der Waals surface area contributed by atoms with Crippen molar-refractivity contribution in [2.45, 2.75) is 26.3 Å². The molecule has 19 heavy (non-hydrogen) atoms. The highest BCUT2D eigenvalue weighted by molar-refractivity contribution is 5.96. The number of carbonyl (C=O) groups is 2. The summed E-state index contributed by atoms with van der Waals surface area (Å²) in [6.45, 7) is 3.10. The van der Waals surface area contributed by atoms with Gasteiger partial charge in [-0.2, -0.15) is 0 Å². The standard InChI is InChI=1S/C12H16FN3O2.ClH/c1-3-10(14)12(18)16-11-6-8(15-7(2)17)4-5-9(11)13;/h4-6,10H,3,14H2,1-2H3,(H,15,17)(H,16,18);1H/t10-;/m0./s1. The second kappa shape index (κ2) is 7.70. The first kappa shape index (κ1) is 17.3. The third-order valence-corrected chi connectivity index (χ3v) is 2.32. The molecule has 0 spiro atoms. The van der Waals surface area contributed by atoms with Crippen molar-refractivity contribution in [1.82, 2.24) is 0 Å². The lowest BCUT2D eigenvalue weighted by atomic mass is 10.2. The van der Waals surface area contributed by atoms with E-state index in [4.69, 9.17) is 5.73 Å². The molecule has 0 aromatic heterocycles. The predicted molar refractivity (Wildman–Crippen MR) is 74.8 cm³/mol. The molecule has 0 fully saturated rings. The molecule has 0 aliphatic carbocycles. The van der Waals surface area contributed by atoms with E-state index < -0.39 is 17.8 Å². The van der Waals surface area contributed by atoms with Gasteiger partial charge in [-0.15, -0.1) is 12.4 Å². The molecule has 0 aliphatic heterocycles. The van der Waals surface area contributed by atoms with Crippen LogP contribution in [0.2, 0.25) is 0 Å².